The van der Waals surface area contributed by atoms with Crippen molar-refractivity contribution in [1.82, 2.24) is 9.88 Å². The summed E-state index contributed by atoms with van der Waals surface area (Å²) in [7, 11) is -3.65. The van der Waals surface area contributed by atoms with Gasteiger partial charge in [0.15, 0.2) is 5.76 Å². The van der Waals surface area contributed by atoms with Crippen LogP contribution in [0, 0.1) is 6.92 Å². The molecule has 8 heteroatoms. The zero-order chi connectivity index (χ0) is 14.8. The smallest absolute Gasteiger partial charge is 0.241 e. The van der Waals surface area contributed by atoms with E-state index in [2.05, 4.69) is 25.8 Å². The van der Waals surface area contributed by atoms with Gasteiger partial charge in [0.1, 0.15) is 0 Å². The second kappa shape index (κ2) is 6.04. The summed E-state index contributed by atoms with van der Waals surface area (Å²) in [4.78, 5) is 0.201. The fourth-order valence-corrected chi connectivity index (χ4v) is 3.63. The van der Waals surface area contributed by atoms with Crippen LogP contribution in [0.4, 0.5) is 0 Å². The maximum Gasteiger partial charge on any atom is 0.241 e. The van der Waals surface area contributed by atoms with Crippen LogP contribution in [0.2, 0.25) is 0 Å². The van der Waals surface area contributed by atoms with Gasteiger partial charge in [0, 0.05) is 17.1 Å². The summed E-state index contributed by atoms with van der Waals surface area (Å²) in [5, 5.41) is 3.52. The maximum atomic E-state index is 12.3. The third-order valence-electron chi connectivity index (χ3n) is 2.81. The van der Waals surface area contributed by atoms with Crippen LogP contribution in [0.25, 0.3) is 0 Å². The van der Waals surface area contributed by atoms with Gasteiger partial charge in [-0.25, -0.2) is 13.1 Å². The fourth-order valence-electron chi connectivity index (χ4n) is 1.68. The first kappa shape index (κ1) is 15.2. The number of nitrogens with one attached hydrogen (secondary N) is 1. The Kier molecular flexibility index (Phi) is 4.59. The average molecular weight is 360 g/mol. The van der Waals surface area contributed by atoms with E-state index in [0.717, 1.165) is 5.56 Å². The van der Waals surface area contributed by atoms with Crippen LogP contribution in [0.1, 0.15) is 16.9 Å². The first-order chi connectivity index (χ1) is 9.44. The Morgan fingerprint density at radius 3 is 2.80 bits per heavy atom. The molecule has 0 bridgehead atoms. The summed E-state index contributed by atoms with van der Waals surface area (Å²) in [6, 6.07) is 4.98. The van der Waals surface area contributed by atoms with Crippen molar-refractivity contribution in [3.63, 3.8) is 0 Å². The summed E-state index contributed by atoms with van der Waals surface area (Å²) in [5.41, 5.74) is 6.94. The number of aromatic nitrogens is 1. The van der Waals surface area contributed by atoms with Crippen molar-refractivity contribution in [3.05, 3.63) is 45.8 Å². The van der Waals surface area contributed by atoms with Crippen LogP contribution in [0.15, 0.2) is 38.3 Å². The fraction of sp³-hybridized carbons (Fsp3) is 0.250. The van der Waals surface area contributed by atoms with Crippen molar-refractivity contribution in [2.75, 3.05) is 0 Å². The molecule has 0 saturated carbocycles. The lowest BCUT2D eigenvalue weighted by atomic mass is 10.1. The van der Waals surface area contributed by atoms with E-state index in [1.54, 1.807) is 19.1 Å². The number of rotatable bonds is 5. The molecular weight excluding hydrogens is 346 g/mol. The van der Waals surface area contributed by atoms with Crippen molar-refractivity contribution in [2.24, 2.45) is 5.73 Å². The first-order valence-corrected chi connectivity index (χ1v) is 8.10. The molecule has 3 N–H and O–H groups in total. The molecule has 0 aliphatic heterocycles. The standard InChI is InChI=1S/C12H14BrN3O3S/c1-8-11(13)4-9(6-14)5-12(8)20(17,18)16-7-10-2-3-15-19-10/h2-5,16H,6-7,14H2,1H3. The predicted molar refractivity (Wildman–Crippen MR) is 77.3 cm³/mol. The molecule has 2 rings (SSSR count). The SMILES string of the molecule is Cc1c(Br)cc(CN)cc1S(=O)(=O)NCc1ccno1. The molecule has 0 radical (unpaired) electrons. The molecule has 6 nitrogen and oxygen atoms in total. The largest absolute Gasteiger partial charge is 0.360 e. The van der Waals surface area contributed by atoms with Crippen LogP contribution >= 0.6 is 15.9 Å². The van der Waals surface area contributed by atoms with Crippen LogP contribution in [-0.2, 0) is 23.1 Å². The van der Waals surface area contributed by atoms with Gasteiger partial charge in [-0.05, 0) is 30.2 Å². The molecule has 1 heterocycles. The monoisotopic (exact) mass is 359 g/mol. The van der Waals surface area contributed by atoms with Gasteiger partial charge in [-0.15, -0.1) is 0 Å². The summed E-state index contributed by atoms with van der Waals surface area (Å²) in [6.07, 6.45) is 1.46. The molecule has 0 atom stereocenters. The van der Waals surface area contributed by atoms with E-state index in [-0.39, 0.29) is 18.0 Å². The average Bonchev–Trinajstić information content (AvgIpc) is 2.92. The van der Waals surface area contributed by atoms with E-state index >= 15 is 0 Å². The number of hydrogen-bond acceptors (Lipinski definition) is 5. The second-order valence-electron chi connectivity index (χ2n) is 4.21. The van der Waals surface area contributed by atoms with Crippen molar-refractivity contribution < 1.29 is 12.9 Å². The quantitative estimate of drug-likeness (QED) is 0.846. The van der Waals surface area contributed by atoms with Crippen LogP contribution in [0.5, 0.6) is 0 Å². The molecule has 0 unspecified atom stereocenters. The van der Waals surface area contributed by atoms with Gasteiger partial charge in [-0.3, -0.25) is 0 Å². The number of nitrogens with zero attached hydrogens (tertiary/aromatic N) is 1. The van der Waals surface area contributed by atoms with Crippen molar-refractivity contribution >= 4 is 26.0 Å². The molecule has 1 aromatic heterocycles. The van der Waals surface area contributed by atoms with E-state index in [1.807, 2.05) is 6.07 Å². The van der Waals surface area contributed by atoms with E-state index in [9.17, 15) is 8.42 Å². The molecule has 1 aromatic carbocycles. The minimum atomic E-state index is -3.65. The van der Waals surface area contributed by atoms with Crippen molar-refractivity contribution in [1.29, 1.82) is 0 Å². The number of sulfonamides is 1. The summed E-state index contributed by atoms with van der Waals surface area (Å²) >= 11 is 3.34. The molecule has 0 amide bonds. The van der Waals surface area contributed by atoms with Gasteiger partial charge < -0.3 is 10.3 Å². The second-order valence-corrected chi connectivity index (χ2v) is 6.80. The molecule has 108 valence electrons. The van der Waals surface area contributed by atoms with Gasteiger partial charge >= 0.3 is 0 Å². The molecule has 0 aliphatic rings. The van der Waals surface area contributed by atoms with Gasteiger partial charge in [-0.1, -0.05) is 21.1 Å². The Labute approximate surface area is 125 Å². The molecular formula is C12H14BrN3O3S. The predicted octanol–water partition coefficient (Wildman–Crippen LogP) is 1.68. The third-order valence-corrected chi connectivity index (χ3v) is 5.16. The van der Waals surface area contributed by atoms with Crippen LogP contribution < -0.4 is 10.5 Å². The van der Waals surface area contributed by atoms with Crippen LogP contribution in [0.3, 0.4) is 0 Å². The topological polar surface area (TPSA) is 98.2 Å². The maximum absolute atomic E-state index is 12.3. The molecule has 0 spiro atoms. The zero-order valence-electron chi connectivity index (χ0n) is 10.8. The highest BCUT2D eigenvalue weighted by molar-refractivity contribution is 9.10. The highest BCUT2D eigenvalue weighted by Crippen LogP contribution is 2.25. The summed E-state index contributed by atoms with van der Waals surface area (Å²) in [6.45, 7) is 2.04. The number of hydrogen-bond donors (Lipinski definition) is 2. The Morgan fingerprint density at radius 2 is 2.20 bits per heavy atom. The summed E-state index contributed by atoms with van der Waals surface area (Å²) in [5.74, 6) is 0.445. The van der Waals surface area contributed by atoms with E-state index in [0.29, 0.717) is 15.8 Å². The summed E-state index contributed by atoms with van der Waals surface area (Å²) < 4.78 is 32.7. The molecule has 20 heavy (non-hydrogen) atoms. The van der Waals surface area contributed by atoms with Gasteiger partial charge in [0.05, 0.1) is 17.6 Å². The minimum Gasteiger partial charge on any atom is -0.360 e. The minimum absolute atomic E-state index is 0.0479. The lowest BCUT2D eigenvalue weighted by Gasteiger charge is -2.11. The Hall–Kier alpha value is -1.22. The number of halogens is 1. The normalized spacial score (nSPS) is 11.8. The van der Waals surface area contributed by atoms with Gasteiger partial charge in [-0.2, -0.15) is 0 Å². The number of nitrogens with two attached hydrogens (primary N) is 1. The first-order valence-electron chi connectivity index (χ1n) is 5.82. The molecule has 0 saturated heterocycles. The Balaban J connectivity index is 2.31. The van der Waals surface area contributed by atoms with E-state index < -0.39 is 10.0 Å². The highest BCUT2D eigenvalue weighted by Gasteiger charge is 2.19. The zero-order valence-corrected chi connectivity index (χ0v) is 13.2. The Morgan fingerprint density at radius 1 is 1.45 bits per heavy atom. The third kappa shape index (κ3) is 3.26. The lowest BCUT2D eigenvalue weighted by molar-refractivity contribution is 0.380. The van der Waals surface area contributed by atoms with Crippen LogP contribution in [-0.4, -0.2) is 13.6 Å². The van der Waals surface area contributed by atoms with Crippen molar-refractivity contribution in [2.45, 2.75) is 24.9 Å². The Bertz CT molecular complexity index is 699. The highest BCUT2D eigenvalue weighted by atomic mass is 79.9. The van der Waals surface area contributed by atoms with Gasteiger partial charge in [0.2, 0.25) is 10.0 Å². The molecule has 2 aromatic rings. The van der Waals surface area contributed by atoms with E-state index in [4.69, 9.17) is 10.3 Å². The molecule has 0 fully saturated rings. The van der Waals surface area contributed by atoms with Crippen molar-refractivity contribution in [3.8, 4) is 0 Å². The van der Waals surface area contributed by atoms with E-state index in [1.165, 1.54) is 6.20 Å². The molecule has 0 aliphatic carbocycles. The van der Waals surface area contributed by atoms with Gasteiger partial charge in [0.25, 0.3) is 0 Å². The lowest BCUT2D eigenvalue weighted by Crippen LogP contribution is -2.24. The number of benzene rings is 1.